The summed E-state index contributed by atoms with van der Waals surface area (Å²) >= 11 is 0. The van der Waals surface area contributed by atoms with Gasteiger partial charge in [-0.1, -0.05) is 36.4 Å². The second kappa shape index (κ2) is 8.72. The Labute approximate surface area is 141 Å². The Balaban J connectivity index is 1.89. The molecule has 5 nitrogen and oxygen atoms in total. The van der Waals surface area contributed by atoms with E-state index in [4.69, 9.17) is 9.47 Å². The van der Waals surface area contributed by atoms with Crippen LogP contribution in [0.25, 0.3) is 0 Å². The van der Waals surface area contributed by atoms with Crippen LogP contribution in [0.3, 0.4) is 0 Å². The van der Waals surface area contributed by atoms with Crippen LogP contribution in [0.2, 0.25) is 0 Å². The SMILES string of the molecule is CC(C)NC(=O)COC(=O)c1cccc(OCc2ccccc2)c1. The molecule has 2 rings (SSSR count). The Kier molecular flexibility index (Phi) is 6.37. The molecule has 0 unspecified atom stereocenters. The molecule has 0 aliphatic carbocycles. The molecular weight excluding hydrogens is 306 g/mol. The van der Waals surface area contributed by atoms with Gasteiger partial charge in [0.2, 0.25) is 0 Å². The first kappa shape index (κ1) is 17.5. The average molecular weight is 327 g/mol. The molecule has 0 radical (unpaired) electrons. The molecule has 126 valence electrons. The van der Waals surface area contributed by atoms with Gasteiger partial charge in [-0.25, -0.2) is 4.79 Å². The minimum atomic E-state index is -0.556. The van der Waals surface area contributed by atoms with Gasteiger partial charge in [-0.15, -0.1) is 0 Å². The number of benzene rings is 2. The molecule has 0 spiro atoms. The van der Waals surface area contributed by atoms with Crippen molar-refractivity contribution in [2.24, 2.45) is 0 Å². The number of hydrogen-bond acceptors (Lipinski definition) is 4. The molecular formula is C19H21NO4. The second-order valence-corrected chi connectivity index (χ2v) is 5.60. The van der Waals surface area contributed by atoms with E-state index in [1.807, 2.05) is 44.2 Å². The van der Waals surface area contributed by atoms with Gasteiger partial charge in [-0.2, -0.15) is 0 Å². The van der Waals surface area contributed by atoms with Crippen LogP contribution in [0.15, 0.2) is 54.6 Å². The molecule has 0 bridgehead atoms. The molecule has 1 amide bonds. The van der Waals surface area contributed by atoms with Crippen LogP contribution >= 0.6 is 0 Å². The summed E-state index contributed by atoms with van der Waals surface area (Å²) in [7, 11) is 0. The first-order chi connectivity index (χ1) is 11.5. The minimum absolute atomic E-state index is 0.00548. The molecule has 0 heterocycles. The van der Waals surface area contributed by atoms with E-state index in [-0.39, 0.29) is 18.6 Å². The summed E-state index contributed by atoms with van der Waals surface area (Å²) in [6, 6.07) is 16.5. The van der Waals surface area contributed by atoms with Gasteiger partial charge < -0.3 is 14.8 Å². The zero-order chi connectivity index (χ0) is 17.4. The van der Waals surface area contributed by atoms with E-state index in [1.54, 1.807) is 24.3 Å². The number of esters is 1. The molecule has 0 atom stereocenters. The van der Waals surface area contributed by atoms with Crippen molar-refractivity contribution in [3.8, 4) is 5.75 Å². The second-order valence-electron chi connectivity index (χ2n) is 5.60. The fourth-order valence-electron chi connectivity index (χ4n) is 2.03. The van der Waals surface area contributed by atoms with Crippen molar-refractivity contribution in [1.29, 1.82) is 0 Å². The van der Waals surface area contributed by atoms with E-state index >= 15 is 0 Å². The van der Waals surface area contributed by atoms with E-state index in [9.17, 15) is 9.59 Å². The summed E-state index contributed by atoms with van der Waals surface area (Å²) in [5, 5.41) is 2.66. The Bertz CT molecular complexity index is 683. The lowest BCUT2D eigenvalue weighted by molar-refractivity contribution is -0.124. The zero-order valence-electron chi connectivity index (χ0n) is 13.8. The zero-order valence-corrected chi connectivity index (χ0v) is 13.8. The van der Waals surface area contributed by atoms with Gasteiger partial charge in [0.25, 0.3) is 5.91 Å². The van der Waals surface area contributed by atoms with Crippen molar-refractivity contribution in [3.63, 3.8) is 0 Å². The molecule has 2 aromatic rings. The number of ether oxygens (including phenoxy) is 2. The Morgan fingerprint density at radius 1 is 1.04 bits per heavy atom. The van der Waals surface area contributed by atoms with E-state index in [0.29, 0.717) is 17.9 Å². The molecule has 0 aliphatic rings. The van der Waals surface area contributed by atoms with Crippen molar-refractivity contribution in [2.75, 3.05) is 6.61 Å². The van der Waals surface area contributed by atoms with Crippen molar-refractivity contribution in [2.45, 2.75) is 26.5 Å². The van der Waals surface area contributed by atoms with Gasteiger partial charge in [-0.05, 0) is 37.6 Å². The molecule has 0 saturated heterocycles. The van der Waals surface area contributed by atoms with Gasteiger partial charge in [0.1, 0.15) is 12.4 Å². The van der Waals surface area contributed by atoms with Gasteiger partial charge in [0.05, 0.1) is 5.56 Å². The van der Waals surface area contributed by atoms with E-state index < -0.39 is 5.97 Å². The molecule has 5 heteroatoms. The lowest BCUT2D eigenvalue weighted by Crippen LogP contribution is -2.33. The highest BCUT2D eigenvalue weighted by Gasteiger charge is 2.11. The van der Waals surface area contributed by atoms with Crippen LogP contribution < -0.4 is 10.1 Å². The van der Waals surface area contributed by atoms with Crippen LogP contribution in [0, 0.1) is 0 Å². The number of carbonyl (C=O) groups is 2. The topological polar surface area (TPSA) is 64.6 Å². The third kappa shape index (κ3) is 5.76. The van der Waals surface area contributed by atoms with Gasteiger partial charge in [-0.3, -0.25) is 4.79 Å². The number of hydrogen-bond donors (Lipinski definition) is 1. The lowest BCUT2D eigenvalue weighted by Gasteiger charge is -2.10. The van der Waals surface area contributed by atoms with Crippen molar-refractivity contribution < 1.29 is 19.1 Å². The van der Waals surface area contributed by atoms with Crippen molar-refractivity contribution in [1.82, 2.24) is 5.32 Å². The number of rotatable bonds is 7. The average Bonchev–Trinajstić information content (AvgIpc) is 2.58. The molecule has 0 fully saturated rings. The third-order valence-electron chi connectivity index (χ3n) is 3.10. The molecule has 2 aromatic carbocycles. The van der Waals surface area contributed by atoms with Crippen LogP contribution in [-0.4, -0.2) is 24.5 Å². The molecule has 0 saturated carbocycles. The van der Waals surface area contributed by atoms with E-state index in [1.165, 1.54) is 0 Å². The summed E-state index contributed by atoms with van der Waals surface area (Å²) in [4.78, 5) is 23.5. The largest absolute Gasteiger partial charge is 0.489 e. The first-order valence-electron chi connectivity index (χ1n) is 7.78. The highest BCUT2D eigenvalue weighted by Crippen LogP contribution is 2.16. The van der Waals surface area contributed by atoms with Crippen LogP contribution in [0.4, 0.5) is 0 Å². The van der Waals surface area contributed by atoms with E-state index in [0.717, 1.165) is 5.56 Å². The maximum Gasteiger partial charge on any atom is 0.338 e. The van der Waals surface area contributed by atoms with Gasteiger partial charge in [0.15, 0.2) is 6.61 Å². The molecule has 0 aliphatic heterocycles. The van der Waals surface area contributed by atoms with Gasteiger partial charge in [0, 0.05) is 6.04 Å². The van der Waals surface area contributed by atoms with Crippen molar-refractivity contribution >= 4 is 11.9 Å². The summed E-state index contributed by atoms with van der Waals surface area (Å²) in [5.74, 6) is -0.311. The molecule has 24 heavy (non-hydrogen) atoms. The normalized spacial score (nSPS) is 10.3. The highest BCUT2D eigenvalue weighted by molar-refractivity contribution is 5.91. The Morgan fingerprint density at radius 2 is 1.79 bits per heavy atom. The predicted molar refractivity (Wildman–Crippen MR) is 90.8 cm³/mol. The van der Waals surface area contributed by atoms with E-state index in [2.05, 4.69) is 5.32 Å². The van der Waals surface area contributed by atoms with Gasteiger partial charge >= 0.3 is 5.97 Å². The monoisotopic (exact) mass is 327 g/mol. The summed E-state index contributed by atoms with van der Waals surface area (Å²) in [5.41, 5.74) is 1.38. The molecule has 0 aromatic heterocycles. The van der Waals surface area contributed by atoms with Crippen LogP contribution in [0.5, 0.6) is 5.75 Å². The highest BCUT2D eigenvalue weighted by atomic mass is 16.5. The number of amides is 1. The quantitative estimate of drug-likeness (QED) is 0.794. The standard InChI is InChI=1S/C19H21NO4/c1-14(2)20-18(21)13-24-19(22)16-9-6-10-17(11-16)23-12-15-7-4-3-5-8-15/h3-11,14H,12-13H2,1-2H3,(H,20,21). The Morgan fingerprint density at radius 3 is 2.50 bits per heavy atom. The first-order valence-corrected chi connectivity index (χ1v) is 7.78. The smallest absolute Gasteiger partial charge is 0.338 e. The lowest BCUT2D eigenvalue weighted by atomic mass is 10.2. The van der Waals surface area contributed by atoms with Crippen LogP contribution in [0.1, 0.15) is 29.8 Å². The fraction of sp³-hybridized carbons (Fsp3) is 0.263. The molecule has 1 N–H and O–H groups in total. The Hall–Kier alpha value is -2.82. The predicted octanol–water partition coefficient (Wildman–Crippen LogP) is 2.95. The number of carbonyl (C=O) groups excluding carboxylic acids is 2. The van der Waals surface area contributed by atoms with Crippen LogP contribution in [-0.2, 0) is 16.1 Å². The summed E-state index contributed by atoms with van der Waals surface area (Å²) < 4.78 is 10.7. The third-order valence-corrected chi connectivity index (χ3v) is 3.10. The maximum absolute atomic E-state index is 12.0. The fourth-order valence-corrected chi connectivity index (χ4v) is 2.03. The maximum atomic E-state index is 12.0. The minimum Gasteiger partial charge on any atom is -0.489 e. The van der Waals surface area contributed by atoms with Crippen molar-refractivity contribution in [3.05, 3.63) is 65.7 Å². The summed E-state index contributed by atoms with van der Waals surface area (Å²) in [6.45, 7) is 3.79. The number of nitrogens with one attached hydrogen (secondary N) is 1. The summed E-state index contributed by atoms with van der Waals surface area (Å²) in [6.07, 6.45) is 0.